The zero-order valence-corrected chi connectivity index (χ0v) is 36.4. The predicted octanol–water partition coefficient (Wildman–Crippen LogP) is 5.85. The Morgan fingerprint density at radius 3 is 2.20 bits per heavy atom. The summed E-state index contributed by atoms with van der Waals surface area (Å²) in [6, 6.07) is 0. The summed E-state index contributed by atoms with van der Waals surface area (Å²) in [5.74, 6) is -8.09. The monoisotopic (exact) mass is 836 g/mol. The van der Waals surface area contributed by atoms with Crippen molar-refractivity contribution in [3.05, 3.63) is 52.8 Å². The molecule has 16 heteroatoms. The molecule has 328 valence electrons. The summed E-state index contributed by atoms with van der Waals surface area (Å²) in [6.45, 7) is 19.4. The maximum Gasteiger partial charge on any atom is 0.312 e. The Balaban J connectivity index is 2.00. The molecular weight excluding hydrogens is 776 g/mol. The summed E-state index contributed by atoms with van der Waals surface area (Å²) in [5, 5.41) is 68.7. The zero-order valence-electron chi connectivity index (χ0n) is 36.4. The second-order valence-corrected chi connectivity index (χ2v) is 15.7. The molecule has 5 rings (SSSR count). The van der Waals surface area contributed by atoms with Crippen LogP contribution in [0.4, 0.5) is 5.69 Å². The summed E-state index contributed by atoms with van der Waals surface area (Å²) in [7, 11) is 1.43. The number of Topliss-reactive ketones (excluding diaryl/α,β-unsaturated/α-hetero) is 1. The Morgan fingerprint density at radius 2 is 1.60 bits per heavy atom. The minimum absolute atomic E-state index is 0.0347. The number of esters is 1. The van der Waals surface area contributed by atoms with Gasteiger partial charge in [0.15, 0.2) is 5.75 Å². The number of ketones is 1. The van der Waals surface area contributed by atoms with Gasteiger partial charge in [0.2, 0.25) is 0 Å². The molecule has 9 atom stereocenters. The molecule has 3 heterocycles. The highest BCUT2D eigenvalue weighted by Crippen LogP contribution is 2.55. The lowest BCUT2D eigenvalue weighted by atomic mass is 9.78. The van der Waals surface area contributed by atoms with Gasteiger partial charge in [0.1, 0.15) is 29.2 Å². The highest BCUT2D eigenvalue weighted by molar-refractivity contribution is 6.23. The number of hydrogen-bond donors (Lipinski definition) is 6. The van der Waals surface area contributed by atoms with Crippen molar-refractivity contribution in [3.63, 3.8) is 0 Å². The SMILES string of the molecule is CCN(CC)/C(C)=N/N=C/c1c2c(O)c3c(O)c(C)c4c(c3c1O)C(=O)[C@@](C)(O/C=C/[C@H](OC)[C@@H](C)[C@@H](OC(C)=O)[C@H](C)[C@@H](O)[C@H](C)[C@@H](O)[C@@H](C)/C=C/C=C(/C)C(=O)N2)O4. The van der Waals surface area contributed by atoms with Crippen LogP contribution in [0, 0.1) is 30.6 Å². The fourth-order valence-electron chi connectivity index (χ4n) is 7.79. The number of aliphatic hydroxyl groups is 2. The summed E-state index contributed by atoms with van der Waals surface area (Å²) in [6.07, 6.45) is 4.58. The molecule has 2 aromatic rings. The van der Waals surface area contributed by atoms with E-state index in [1.807, 2.05) is 18.7 Å². The highest BCUT2D eigenvalue weighted by Gasteiger charge is 2.50. The number of rotatable bonds is 6. The van der Waals surface area contributed by atoms with Gasteiger partial charge in [-0.05, 0) is 40.7 Å². The fraction of sp³-hybridized carbons (Fsp3) is 0.523. The number of phenols is 3. The molecular formula is C44H60N4O12. The van der Waals surface area contributed by atoms with E-state index in [1.165, 1.54) is 53.2 Å². The van der Waals surface area contributed by atoms with E-state index in [0.29, 0.717) is 18.9 Å². The molecule has 3 aliphatic heterocycles. The van der Waals surface area contributed by atoms with Gasteiger partial charge in [-0.15, -0.1) is 5.10 Å². The molecule has 1 amide bonds. The number of carbonyl (C=O) groups is 3. The first kappa shape index (κ1) is 47.2. The predicted molar refractivity (Wildman–Crippen MR) is 227 cm³/mol. The first-order valence-electron chi connectivity index (χ1n) is 20.1. The Labute approximate surface area is 350 Å². The highest BCUT2D eigenvalue weighted by atomic mass is 16.7. The molecule has 0 saturated heterocycles. The van der Waals surface area contributed by atoms with Crippen LogP contribution in [0.15, 0.2) is 46.3 Å². The number of aromatic hydroxyl groups is 3. The van der Waals surface area contributed by atoms with Crippen molar-refractivity contribution in [2.75, 3.05) is 25.5 Å². The average molecular weight is 837 g/mol. The largest absolute Gasteiger partial charge is 0.507 e. The number of aliphatic hydroxyl groups excluding tert-OH is 2. The molecule has 6 N–H and O–H groups in total. The van der Waals surface area contributed by atoms with Crippen LogP contribution in [0.2, 0.25) is 0 Å². The van der Waals surface area contributed by atoms with Crippen molar-refractivity contribution in [2.45, 2.75) is 106 Å². The standard InChI is InChI=1S/C44H60N4O12/c1-13-48(14-2)27(9)47-45-20-29-34-39(54)32-31(38(29)53)33-41(26(8)37(32)52)60-44(11,42(33)55)58-19-18-30(57-12)23(5)40(59-28(10)49)25(7)36(51)24(6)35(50)21(3)16-15-17-22(4)43(56)46-34/h15-21,23-25,30,35-36,40,50-54H,13-14H2,1-12H3,(H,46,56)/b16-15+,19-18+,22-17-,45-20+,47-27+/t21-,23+,24+,25+,30-,35-,36-,40+,44-/m0/s1. The van der Waals surface area contributed by atoms with E-state index in [1.54, 1.807) is 46.8 Å². The van der Waals surface area contributed by atoms with E-state index in [9.17, 15) is 39.9 Å². The van der Waals surface area contributed by atoms with Gasteiger partial charge in [0, 0.05) is 74.2 Å². The van der Waals surface area contributed by atoms with E-state index < -0.39 is 88.8 Å². The van der Waals surface area contributed by atoms with Gasteiger partial charge < -0.3 is 54.7 Å². The number of nitrogens with one attached hydrogen (secondary N) is 1. The number of methoxy groups -OCH3 is 1. The number of benzene rings is 2. The number of fused-ring (bicyclic) bond motifs is 14. The summed E-state index contributed by atoms with van der Waals surface area (Å²) in [4.78, 5) is 42.4. The second-order valence-electron chi connectivity index (χ2n) is 15.7. The second kappa shape index (κ2) is 19.3. The van der Waals surface area contributed by atoms with Crippen molar-refractivity contribution in [3.8, 4) is 23.0 Å². The van der Waals surface area contributed by atoms with Gasteiger partial charge in [0.25, 0.3) is 11.7 Å². The van der Waals surface area contributed by atoms with E-state index >= 15 is 0 Å². The molecule has 0 aromatic heterocycles. The fourth-order valence-corrected chi connectivity index (χ4v) is 7.79. The maximum atomic E-state index is 14.4. The Hall–Kier alpha value is -5.45. The maximum absolute atomic E-state index is 14.4. The van der Waals surface area contributed by atoms with Crippen molar-refractivity contribution in [1.82, 2.24) is 4.90 Å². The molecule has 0 unspecified atom stereocenters. The van der Waals surface area contributed by atoms with Crippen molar-refractivity contribution >= 4 is 46.2 Å². The van der Waals surface area contributed by atoms with Gasteiger partial charge in [-0.25, -0.2) is 0 Å². The molecule has 0 radical (unpaired) electrons. The van der Waals surface area contributed by atoms with Crippen LogP contribution in [-0.4, -0.2) is 111 Å². The van der Waals surface area contributed by atoms with Gasteiger partial charge in [-0.2, -0.15) is 5.10 Å². The van der Waals surface area contributed by atoms with Crippen LogP contribution in [0.25, 0.3) is 10.8 Å². The third kappa shape index (κ3) is 9.30. The number of anilines is 1. The zero-order chi connectivity index (χ0) is 45.0. The molecule has 60 heavy (non-hydrogen) atoms. The third-order valence-corrected chi connectivity index (χ3v) is 11.6. The number of nitrogens with zero attached hydrogens (tertiary/aromatic N) is 3. The first-order valence-corrected chi connectivity index (χ1v) is 20.1. The topological polar surface area (TPSA) is 229 Å². The lowest BCUT2D eigenvalue weighted by Gasteiger charge is -2.38. The Morgan fingerprint density at radius 1 is 0.950 bits per heavy atom. The first-order chi connectivity index (χ1) is 28.2. The molecule has 0 aliphatic carbocycles. The quantitative estimate of drug-likeness (QED) is 0.0502. The number of carbonyl (C=O) groups excluding carboxylic acids is 3. The summed E-state index contributed by atoms with van der Waals surface area (Å²) < 4.78 is 23.6. The molecule has 16 nitrogen and oxygen atoms in total. The Kier molecular flexibility index (Phi) is 15.2. The number of ether oxygens (including phenoxy) is 4. The van der Waals surface area contributed by atoms with Crippen molar-refractivity contribution < 1.29 is 58.9 Å². The van der Waals surface area contributed by atoms with Gasteiger partial charge in [-0.1, -0.05) is 45.9 Å². The normalized spacial score (nSPS) is 30.1. The summed E-state index contributed by atoms with van der Waals surface area (Å²) in [5.41, 5.74) is -0.591. The van der Waals surface area contributed by atoms with E-state index in [4.69, 9.17) is 18.9 Å². The average Bonchev–Trinajstić information content (AvgIpc) is 3.47. The van der Waals surface area contributed by atoms with Crippen LogP contribution >= 0.6 is 0 Å². The van der Waals surface area contributed by atoms with Gasteiger partial charge in [0.05, 0.1) is 53.0 Å². The number of allylic oxidation sites excluding steroid dienone is 2. The van der Waals surface area contributed by atoms with Gasteiger partial charge >= 0.3 is 11.8 Å². The van der Waals surface area contributed by atoms with Crippen molar-refractivity contribution in [2.24, 2.45) is 33.9 Å². The van der Waals surface area contributed by atoms with E-state index in [0.717, 1.165) is 6.21 Å². The van der Waals surface area contributed by atoms with Crippen LogP contribution in [-0.2, 0) is 23.8 Å². The Bertz CT molecular complexity index is 2120. The summed E-state index contributed by atoms with van der Waals surface area (Å²) >= 11 is 0. The molecule has 0 fully saturated rings. The van der Waals surface area contributed by atoms with Crippen molar-refractivity contribution in [1.29, 1.82) is 0 Å². The lowest BCUT2D eigenvalue weighted by Crippen LogP contribution is -2.46. The van der Waals surface area contributed by atoms with Gasteiger partial charge in [-0.3, -0.25) is 14.4 Å². The minimum atomic E-state index is -2.07. The van der Waals surface area contributed by atoms with E-state index in [2.05, 4.69) is 15.5 Å². The lowest BCUT2D eigenvalue weighted by molar-refractivity contribution is -0.160. The number of amides is 1. The molecule has 0 saturated carbocycles. The smallest absolute Gasteiger partial charge is 0.312 e. The number of phenolic OH excluding ortho intramolecular Hbond substituents is 3. The minimum Gasteiger partial charge on any atom is -0.507 e. The van der Waals surface area contributed by atoms with Crippen LogP contribution in [0.3, 0.4) is 0 Å². The van der Waals surface area contributed by atoms with E-state index in [-0.39, 0.29) is 44.5 Å². The molecule has 3 aliphatic rings. The number of hydrogen-bond acceptors (Lipinski definition) is 14. The molecule has 5 bridgehead atoms. The molecule has 2 aromatic carbocycles. The van der Waals surface area contributed by atoms with Crippen LogP contribution < -0.4 is 10.1 Å². The third-order valence-electron chi connectivity index (χ3n) is 11.6. The van der Waals surface area contributed by atoms with Crippen LogP contribution in [0.1, 0.15) is 90.7 Å². The molecule has 0 spiro atoms. The van der Waals surface area contributed by atoms with Crippen LogP contribution in [0.5, 0.6) is 23.0 Å². The number of amidine groups is 1.